The number of rotatable bonds is 5. The van der Waals surface area contributed by atoms with Gasteiger partial charge in [0.2, 0.25) is 15.9 Å². The molecule has 8 heteroatoms. The molecule has 0 aromatic carbocycles. The second kappa shape index (κ2) is 7.61. The van der Waals surface area contributed by atoms with Crippen molar-refractivity contribution in [2.75, 3.05) is 25.9 Å². The maximum Gasteiger partial charge on any atom is 0.303 e. The van der Waals surface area contributed by atoms with E-state index in [2.05, 4.69) is 0 Å². The summed E-state index contributed by atoms with van der Waals surface area (Å²) in [5.41, 5.74) is 0. The van der Waals surface area contributed by atoms with Gasteiger partial charge in [-0.3, -0.25) is 9.59 Å². The van der Waals surface area contributed by atoms with Crippen molar-refractivity contribution >= 4 is 21.9 Å². The zero-order valence-corrected chi connectivity index (χ0v) is 14.4. The van der Waals surface area contributed by atoms with Crippen molar-refractivity contribution in [2.24, 2.45) is 5.92 Å². The third kappa shape index (κ3) is 4.91. The fourth-order valence-corrected chi connectivity index (χ4v) is 4.42. The third-order valence-corrected chi connectivity index (χ3v) is 6.18. The Balaban J connectivity index is 1.94. The molecule has 23 heavy (non-hydrogen) atoms. The molecule has 7 nitrogen and oxygen atoms in total. The van der Waals surface area contributed by atoms with Crippen LogP contribution in [0.2, 0.25) is 0 Å². The summed E-state index contributed by atoms with van der Waals surface area (Å²) in [5.74, 6) is -0.892. The minimum Gasteiger partial charge on any atom is -0.481 e. The van der Waals surface area contributed by atoms with Crippen LogP contribution in [0.15, 0.2) is 0 Å². The van der Waals surface area contributed by atoms with Gasteiger partial charge in [-0.2, -0.15) is 0 Å². The highest BCUT2D eigenvalue weighted by atomic mass is 32.2. The van der Waals surface area contributed by atoms with E-state index in [0.29, 0.717) is 38.9 Å². The van der Waals surface area contributed by atoms with Crippen LogP contribution in [0.1, 0.15) is 44.9 Å². The van der Waals surface area contributed by atoms with Gasteiger partial charge >= 0.3 is 5.97 Å². The average Bonchev–Trinajstić information content (AvgIpc) is 2.52. The van der Waals surface area contributed by atoms with Crippen molar-refractivity contribution < 1.29 is 23.1 Å². The summed E-state index contributed by atoms with van der Waals surface area (Å²) < 4.78 is 24.5. The Hall–Kier alpha value is -1.15. The molecule has 2 aliphatic rings. The first-order valence-corrected chi connectivity index (χ1v) is 10.1. The van der Waals surface area contributed by atoms with Crippen LogP contribution in [0.4, 0.5) is 0 Å². The Morgan fingerprint density at radius 2 is 1.74 bits per heavy atom. The van der Waals surface area contributed by atoms with Gasteiger partial charge in [0.15, 0.2) is 0 Å². The van der Waals surface area contributed by atoms with Gasteiger partial charge < -0.3 is 10.0 Å². The van der Waals surface area contributed by atoms with Crippen LogP contribution in [-0.2, 0) is 19.6 Å². The first-order chi connectivity index (χ1) is 10.8. The van der Waals surface area contributed by atoms with Gasteiger partial charge in [-0.15, -0.1) is 0 Å². The number of aliphatic carboxylic acids is 1. The standard InChI is InChI=1S/C15H26N2O5S/c1-23(21,22)16-10-7-12(8-11-16)15(20)17-9-3-2-4-13(17)5-6-14(18)19/h12-13H,2-11H2,1H3,(H,18,19)/t13-/m1/s1. The number of likely N-dealkylation sites (tertiary alicyclic amines) is 1. The van der Waals surface area contributed by atoms with Crippen LogP contribution < -0.4 is 0 Å². The van der Waals surface area contributed by atoms with Crippen LogP contribution in [0, 0.1) is 5.92 Å². The number of sulfonamides is 1. The molecule has 2 saturated heterocycles. The van der Waals surface area contributed by atoms with Crippen LogP contribution in [0.3, 0.4) is 0 Å². The molecular weight excluding hydrogens is 320 g/mol. The molecular formula is C15H26N2O5S. The molecule has 2 fully saturated rings. The highest BCUT2D eigenvalue weighted by molar-refractivity contribution is 7.88. The second-order valence-electron chi connectivity index (χ2n) is 6.55. The minimum atomic E-state index is -3.19. The number of piperidine rings is 2. The summed E-state index contributed by atoms with van der Waals surface area (Å²) in [6.45, 7) is 1.47. The average molecular weight is 346 g/mol. The van der Waals surface area contributed by atoms with Crippen molar-refractivity contribution in [3.8, 4) is 0 Å². The van der Waals surface area contributed by atoms with Crippen LogP contribution in [0.25, 0.3) is 0 Å². The Bertz CT molecular complexity index is 540. The van der Waals surface area contributed by atoms with Gasteiger partial charge in [0.05, 0.1) is 6.26 Å². The number of carbonyl (C=O) groups excluding carboxylic acids is 1. The lowest BCUT2D eigenvalue weighted by atomic mass is 9.92. The lowest BCUT2D eigenvalue weighted by molar-refractivity contribution is -0.143. The molecule has 1 atom stereocenters. The van der Waals surface area contributed by atoms with E-state index in [0.717, 1.165) is 19.3 Å². The Kier molecular flexibility index (Phi) is 6.02. The van der Waals surface area contributed by atoms with Crippen molar-refractivity contribution in [1.29, 1.82) is 0 Å². The van der Waals surface area contributed by atoms with E-state index >= 15 is 0 Å². The topological polar surface area (TPSA) is 95.0 Å². The second-order valence-corrected chi connectivity index (χ2v) is 8.53. The molecule has 0 spiro atoms. The van der Waals surface area contributed by atoms with Gasteiger partial charge in [-0.1, -0.05) is 0 Å². The van der Waals surface area contributed by atoms with E-state index < -0.39 is 16.0 Å². The molecule has 0 aromatic rings. The highest BCUT2D eigenvalue weighted by Crippen LogP contribution is 2.27. The van der Waals surface area contributed by atoms with E-state index in [1.807, 2.05) is 4.90 Å². The molecule has 0 bridgehead atoms. The SMILES string of the molecule is CS(=O)(=O)N1CCC(C(=O)N2CCCC[C@@H]2CCC(=O)O)CC1. The highest BCUT2D eigenvalue weighted by Gasteiger charge is 2.34. The fourth-order valence-electron chi connectivity index (χ4n) is 3.55. The zero-order valence-electron chi connectivity index (χ0n) is 13.6. The van der Waals surface area contributed by atoms with Gasteiger partial charge in [-0.25, -0.2) is 12.7 Å². The van der Waals surface area contributed by atoms with Crippen molar-refractivity contribution in [3.05, 3.63) is 0 Å². The smallest absolute Gasteiger partial charge is 0.303 e. The minimum absolute atomic E-state index is 0.0142. The van der Waals surface area contributed by atoms with E-state index in [9.17, 15) is 18.0 Å². The predicted molar refractivity (Wildman–Crippen MR) is 85.4 cm³/mol. The van der Waals surface area contributed by atoms with Gasteiger partial charge in [0.1, 0.15) is 0 Å². The number of carbonyl (C=O) groups is 2. The lowest BCUT2D eigenvalue weighted by Gasteiger charge is -2.39. The van der Waals surface area contributed by atoms with Crippen molar-refractivity contribution in [3.63, 3.8) is 0 Å². The van der Waals surface area contributed by atoms with Crippen LogP contribution in [0.5, 0.6) is 0 Å². The maximum absolute atomic E-state index is 12.8. The molecule has 1 N–H and O–H groups in total. The van der Waals surface area contributed by atoms with E-state index in [-0.39, 0.29) is 24.3 Å². The third-order valence-electron chi connectivity index (χ3n) is 4.87. The van der Waals surface area contributed by atoms with Gasteiger partial charge in [0, 0.05) is 38.0 Å². The summed E-state index contributed by atoms with van der Waals surface area (Å²) in [7, 11) is -3.19. The van der Waals surface area contributed by atoms with Crippen LogP contribution in [-0.4, -0.2) is 66.5 Å². The summed E-state index contributed by atoms with van der Waals surface area (Å²) in [4.78, 5) is 25.4. The van der Waals surface area contributed by atoms with Crippen LogP contribution >= 0.6 is 0 Å². The Labute approximate surface area is 137 Å². The first-order valence-electron chi connectivity index (χ1n) is 8.26. The van der Waals surface area contributed by atoms with E-state index in [1.165, 1.54) is 10.6 Å². The number of carboxylic acid groups (broad SMARTS) is 1. The Morgan fingerprint density at radius 1 is 1.09 bits per heavy atom. The molecule has 1 amide bonds. The molecule has 132 valence electrons. The quantitative estimate of drug-likeness (QED) is 0.798. The summed E-state index contributed by atoms with van der Waals surface area (Å²) in [6, 6.07) is 0.0142. The molecule has 0 unspecified atom stereocenters. The predicted octanol–water partition coefficient (Wildman–Crippen LogP) is 0.904. The number of nitrogens with zero attached hydrogens (tertiary/aromatic N) is 2. The largest absolute Gasteiger partial charge is 0.481 e. The molecule has 0 saturated carbocycles. The molecule has 0 radical (unpaired) electrons. The summed E-state index contributed by atoms with van der Waals surface area (Å²) >= 11 is 0. The van der Waals surface area contributed by atoms with E-state index in [4.69, 9.17) is 5.11 Å². The molecule has 2 heterocycles. The van der Waals surface area contributed by atoms with Crippen molar-refractivity contribution in [2.45, 2.75) is 51.0 Å². The monoisotopic (exact) mass is 346 g/mol. The molecule has 2 aliphatic heterocycles. The number of carboxylic acids is 1. The molecule has 0 aliphatic carbocycles. The lowest BCUT2D eigenvalue weighted by Crippen LogP contribution is -2.49. The fraction of sp³-hybridized carbons (Fsp3) is 0.867. The van der Waals surface area contributed by atoms with Gasteiger partial charge in [-0.05, 0) is 38.5 Å². The van der Waals surface area contributed by atoms with Gasteiger partial charge in [0.25, 0.3) is 0 Å². The molecule has 0 aromatic heterocycles. The zero-order chi connectivity index (χ0) is 17.0. The molecule has 2 rings (SSSR count). The summed E-state index contributed by atoms with van der Waals surface area (Å²) in [5, 5.41) is 8.86. The normalized spacial score (nSPS) is 24.6. The van der Waals surface area contributed by atoms with E-state index in [1.54, 1.807) is 0 Å². The number of hydrogen-bond acceptors (Lipinski definition) is 4. The summed E-state index contributed by atoms with van der Waals surface area (Å²) in [6.07, 6.45) is 5.73. The maximum atomic E-state index is 12.8. The van der Waals surface area contributed by atoms with Crippen molar-refractivity contribution in [1.82, 2.24) is 9.21 Å². The Morgan fingerprint density at radius 3 is 2.30 bits per heavy atom. The first kappa shape index (κ1) is 18.2. The number of hydrogen-bond donors (Lipinski definition) is 1. The number of amides is 1.